The number of aromatic nitrogens is 3. The van der Waals surface area contributed by atoms with Gasteiger partial charge in [0.2, 0.25) is 0 Å². The number of carbonyl (C=O) groups excluding carboxylic acids is 1. The molecule has 3 aromatic heterocycles. The summed E-state index contributed by atoms with van der Waals surface area (Å²) in [6.07, 6.45) is 3.42. The first-order valence-electron chi connectivity index (χ1n) is 8.57. The number of fused-ring (bicyclic) bond motifs is 1. The van der Waals surface area contributed by atoms with Crippen LogP contribution in [0.1, 0.15) is 27.0 Å². The number of ether oxygens (including phenoxy) is 1. The standard InChI is InChI=1S/C18H21N5O2S/c1-19-17(24)16-15(13-4-3-6-20-18(13)26-16)14-11-23(8-9-25-14)10-12-5-7-21-22(12)2/h3-7,14H,8-11H2,1-2H3,(H,19,24)/t14-/m0/s1. The maximum Gasteiger partial charge on any atom is 0.261 e. The lowest BCUT2D eigenvalue weighted by Gasteiger charge is -2.33. The summed E-state index contributed by atoms with van der Waals surface area (Å²) in [5.74, 6) is -0.0876. The van der Waals surface area contributed by atoms with E-state index in [4.69, 9.17) is 4.74 Å². The van der Waals surface area contributed by atoms with Crippen LogP contribution in [0.2, 0.25) is 0 Å². The first-order valence-corrected chi connectivity index (χ1v) is 9.39. The molecule has 1 saturated heterocycles. The number of hydrogen-bond acceptors (Lipinski definition) is 6. The summed E-state index contributed by atoms with van der Waals surface area (Å²) in [7, 11) is 3.61. The summed E-state index contributed by atoms with van der Waals surface area (Å²) < 4.78 is 7.97. The zero-order chi connectivity index (χ0) is 18.1. The third-order valence-electron chi connectivity index (χ3n) is 4.72. The monoisotopic (exact) mass is 371 g/mol. The molecule has 136 valence electrons. The van der Waals surface area contributed by atoms with Crippen LogP contribution in [0.5, 0.6) is 0 Å². The Morgan fingerprint density at radius 2 is 2.31 bits per heavy atom. The van der Waals surface area contributed by atoms with Gasteiger partial charge in [-0.3, -0.25) is 14.4 Å². The van der Waals surface area contributed by atoms with E-state index in [1.165, 1.54) is 11.3 Å². The first-order chi connectivity index (χ1) is 12.7. The van der Waals surface area contributed by atoms with E-state index in [2.05, 4.69) is 20.3 Å². The third kappa shape index (κ3) is 3.11. The lowest BCUT2D eigenvalue weighted by molar-refractivity contribution is -0.0329. The smallest absolute Gasteiger partial charge is 0.261 e. The van der Waals surface area contributed by atoms with Gasteiger partial charge in [0.25, 0.3) is 5.91 Å². The Balaban J connectivity index is 1.66. The Morgan fingerprint density at radius 1 is 1.42 bits per heavy atom. The van der Waals surface area contributed by atoms with Gasteiger partial charge in [-0.15, -0.1) is 11.3 Å². The van der Waals surface area contributed by atoms with Crippen molar-refractivity contribution >= 4 is 27.5 Å². The predicted molar refractivity (Wildman–Crippen MR) is 100 cm³/mol. The molecule has 0 saturated carbocycles. The lowest BCUT2D eigenvalue weighted by atomic mass is 10.0. The Kier molecular flexibility index (Phi) is 4.71. The third-order valence-corrected chi connectivity index (χ3v) is 5.85. The lowest BCUT2D eigenvalue weighted by Crippen LogP contribution is -2.38. The van der Waals surface area contributed by atoms with Crippen LogP contribution in [-0.4, -0.2) is 52.3 Å². The fraction of sp³-hybridized carbons (Fsp3) is 0.389. The maximum absolute atomic E-state index is 12.4. The number of hydrogen-bond donors (Lipinski definition) is 1. The normalized spacial score (nSPS) is 18.3. The van der Waals surface area contributed by atoms with E-state index >= 15 is 0 Å². The van der Waals surface area contributed by atoms with Crippen LogP contribution < -0.4 is 5.32 Å². The van der Waals surface area contributed by atoms with Crippen molar-refractivity contribution in [3.63, 3.8) is 0 Å². The minimum atomic E-state index is -0.151. The molecule has 26 heavy (non-hydrogen) atoms. The number of amides is 1. The van der Waals surface area contributed by atoms with Crippen LogP contribution in [-0.2, 0) is 18.3 Å². The summed E-state index contributed by atoms with van der Waals surface area (Å²) in [6, 6.07) is 5.96. The number of nitrogens with one attached hydrogen (secondary N) is 1. The highest BCUT2D eigenvalue weighted by atomic mass is 32.1. The largest absolute Gasteiger partial charge is 0.371 e. The van der Waals surface area contributed by atoms with Gasteiger partial charge >= 0.3 is 0 Å². The molecule has 1 fully saturated rings. The molecular formula is C18H21N5O2S. The quantitative estimate of drug-likeness (QED) is 0.759. The van der Waals surface area contributed by atoms with Crippen LogP contribution >= 0.6 is 11.3 Å². The number of carbonyl (C=O) groups is 1. The molecule has 1 amide bonds. The molecule has 7 nitrogen and oxygen atoms in total. The van der Waals surface area contributed by atoms with Crippen molar-refractivity contribution in [1.29, 1.82) is 0 Å². The van der Waals surface area contributed by atoms with Crippen molar-refractivity contribution in [1.82, 2.24) is 25.0 Å². The predicted octanol–water partition coefficient (Wildman–Crippen LogP) is 1.96. The molecule has 4 rings (SSSR count). The summed E-state index contributed by atoms with van der Waals surface area (Å²) in [5, 5.41) is 7.98. The zero-order valence-corrected chi connectivity index (χ0v) is 15.6. The van der Waals surface area contributed by atoms with Crippen molar-refractivity contribution in [3.8, 4) is 0 Å². The van der Waals surface area contributed by atoms with Crippen molar-refractivity contribution in [2.24, 2.45) is 7.05 Å². The maximum atomic E-state index is 12.4. The second-order valence-electron chi connectivity index (χ2n) is 6.32. The zero-order valence-electron chi connectivity index (χ0n) is 14.8. The van der Waals surface area contributed by atoms with Gasteiger partial charge in [0.1, 0.15) is 9.71 Å². The minimum absolute atomic E-state index is 0.0876. The Morgan fingerprint density at radius 3 is 3.08 bits per heavy atom. The molecule has 0 bridgehead atoms. The molecule has 3 aromatic rings. The van der Waals surface area contributed by atoms with Gasteiger partial charge in [-0.1, -0.05) is 6.07 Å². The van der Waals surface area contributed by atoms with Crippen LogP contribution in [0.4, 0.5) is 0 Å². The van der Waals surface area contributed by atoms with E-state index in [9.17, 15) is 4.79 Å². The minimum Gasteiger partial charge on any atom is -0.371 e. The second kappa shape index (κ2) is 7.14. The van der Waals surface area contributed by atoms with Gasteiger partial charge in [-0.25, -0.2) is 4.98 Å². The van der Waals surface area contributed by atoms with Crippen molar-refractivity contribution in [3.05, 3.63) is 46.7 Å². The van der Waals surface area contributed by atoms with Gasteiger partial charge in [0.05, 0.1) is 18.4 Å². The van der Waals surface area contributed by atoms with Gasteiger partial charge in [-0.2, -0.15) is 5.10 Å². The van der Waals surface area contributed by atoms with Crippen LogP contribution in [0, 0.1) is 0 Å². The van der Waals surface area contributed by atoms with Crippen molar-refractivity contribution in [2.75, 3.05) is 26.7 Å². The van der Waals surface area contributed by atoms with Crippen LogP contribution in [0.15, 0.2) is 30.6 Å². The van der Waals surface area contributed by atoms with E-state index in [0.717, 1.165) is 41.1 Å². The van der Waals surface area contributed by atoms with E-state index in [-0.39, 0.29) is 12.0 Å². The number of pyridine rings is 1. The Bertz CT molecular complexity index is 935. The summed E-state index contributed by atoms with van der Waals surface area (Å²) >= 11 is 1.42. The molecule has 0 radical (unpaired) electrons. The summed E-state index contributed by atoms with van der Waals surface area (Å²) in [5.41, 5.74) is 2.11. The number of thiophene rings is 1. The van der Waals surface area contributed by atoms with Gasteiger partial charge in [0, 0.05) is 57.1 Å². The van der Waals surface area contributed by atoms with Gasteiger partial charge in [-0.05, 0) is 12.1 Å². The van der Waals surface area contributed by atoms with E-state index in [1.807, 2.05) is 36.1 Å². The van der Waals surface area contributed by atoms with Crippen LogP contribution in [0.3, 0.4) is 0 Å². The average Bonchev–Trinajstić information content (AvgIpc) is 3.25. The highest BCUT2D eigenvalue weighted by molar-refractivity contribution is 7.20. The molecule has 1 N–H and O–H groups in total. The number of aryl methyl sites for hydroxylation is 1. The summed E-state index contributed by atoms with van der Waals surface area (Å²) in [4.78, 5) is 20.7. The molecule has 1 aliphatic heterocycles. The molecule has 1 atom stereocenters. The number of rotatable bonds is 4. The topological polar surface area (TPSA) is 72.3 Å². The first kappa shape index (κ1) is 17.1. The highest BCUT2D eigenvalue weighted by Crippen LogP contribution is 2.37. The average molecular weight is 371 g/mol. The Labute approximate surface area is 155 Å². The Hall–Kier alpha value is -2.29. The van der Waals surface area contributed by atoms with Crippen molar-refractivity contribution < 1.29 is 9.53 Å². The van der Waals surface area contributed by atoms with E-state index in [1.54, 1.807) is 13.2 Å². The number of morpholine rings is 1. The van der Waals surface area contributed by atoms with E-state index < -0.39 is 0 Å². The SMILES string of the molecule is CNC(=O)c1sc2ncccc2c1[C@@H]1CN(Cc2ccnn2C)CCO1. The van der Waals surface area contributed by atoms with Gasteiger partial charge < -0.3 is 10.1 Å². The molecule has 1 aliphatic rings. The fourth-order valence-corrected chi connectivity index (χ4v) is 4.50. The molecule has 4 heterocycles. The van der Waals surface area contributed by atoms with Crippen LogP contribution in [0.25, 0.3) is 10.2 Å². The van der Waals surface area contributed by atoms with E-state index in [0.29, 0.717) is 11.5 Å². The highest BCUT2D eigenvalue weighted by Gasteiger charge is 2.30. The van der Waals surface area contributed by atoms with Gasteiger partial charge in [0.15, 0.2) is 0 Å². The molecule has 0 spiro atoms. The summed E-state index contributed by atoms with van der Waals surface area (Å²) in [6.45, 7) is 3.03. The second-order valence-corrected chi connectivity index (χ2v) is 7.32. The van der Waals surface area contributed by atoms with Crippen molar-refractivity contribution in [2.45, 2.75) is 12.6 Å². The molecular weight excluding hydrogens is 350 g/mol. The fourth-order valence-electron chi connectivity index (χ4n) is 3.36. The molecule has 8 heteroatoms. The molecule has 0 aromatic carbocycles. The molecule has 0 unspecified atom stereocenters. The molecule has 0 aliphatic carbocycles. The number of nitrogens with zero attached hydrogens (tertiary/aromatic N) is 4.